The molecule has 31 heavy (non-hydrogen) atoms. The third kappa shape index (κ3) is 3.33. The standard InChI is InChI=1S/C27H26Cl2N2/c1-3-31-14-13-23(19-8-6-9-20(28)15-19)27(26(31)22-10-5-4-7-18(22)2)17-30-25-16-21(29)11-12-24(25)27/h4-12,15-17,23,26H,3,13-14H2,1-2H3/t23-,26+,27-/m0/s1. The number of hydrogen-bond donors (Lipinski definition) is 0. The molecule has 4 heteroatoms. The summed E-state index contributed by atoms with van der Waals surface area (Å²) in [5, 5.41) is 1.51. The molecule has 3 atom stereocenters. The van der Waals surface area contributed by atoms with Crippen molar-refractivity contribution in [2.75, 3.05) is 13.1 Å². The van der Waals surface area contributed by atoms with Crippen LogP contribution >= 0.6 is 23.2 Å². The molecule has 0 radical (unpaired) electrons. The van der Waals surface area contributed by atoms with Crippen molar-refractivity contribution >= 4 is 35.1 Å². The lowest BCUT2D eigenvalue weighted by atomic mass is 9.59. The molecule has 2 heterocycles. The number of likely N-dealkylation sites (N-methyl/N-ethyl adjacent to an activating group) is 1. The summed E-state index contributed by atoms with van der Waals surface area (Å²) < 4.78 is 0. The zero-order valence-corrected chi connectivity index (χ0v) is 19.4. The second-order valence-corrected chi connectivity index (χ2v) is 9.51. The van der Waals surface area contributed by atoms with E-state index in [-0.39, 0.29) is 17.4 Å². The van der Waals surface area contributed by atoms with Gasteiger partial charge in [-0.2, -0.15) is 0 Å². The Hall–Kier alpha value is -2.13. The van der Waals surface area contributed by atoms with Crippen molar-refractivity contribution in [2.24, 2.45) is 4.99 Å². The fourth-order valence-electron chi connectivity index (χ4n) is 5.73. The van der Waals surface area contributed by atoms with Crippen LogP contribution in [0.25, 0.3) is 0 Å². The number of likely N-dealkylation sites (tertiary alicyclic amines) is 1. The maximum Gasteiger partial charge on any atom is 0.0683 e. The van der Waals surface area contributed by atoms with E-state index >= 15 is 0 Å². The van der Waals surface area contributed by atoms with Crippen LogP contribution < -0.4 is 0 Å². The predicted molar refractivity (Wildman–Crippen MR) is 131 cm³/mol. The molecule has 0 bridgehead atoms. The van der Waals surface area contributed by atoms with E-state index in [0.717, 1.165) is 35.2 Å². The first-order valence-electron chi connectivity index (χ1n) is 10.9. The van der Waals surface area contributed by atoms with Gasteiger partial charge < -0.3 is 0 Å². The molecule has 158 valence electrons. The lowest BCUT2D eigenvalue weighted by Gasteiger charge is -2.52. The SMILES string of the molecule is CCN1CC[C@@H](c2cccc(Cl)c2)[C@]2(C=Nc3cc(Cl)ccc32)[C@H]1c1ccccc1C. The third-order valence-corrected chi connectivity index (χ3v) is 7.55. The van der Waals surface area contributed by atoms with Crippen molar-refractivity contribution < 1.29 is 0 Å². The molecule has 1 saturated heterocycles. The van der Waals surface area contributed by atoms with Gasteiger partial charge in [0.05, 0.1) is 17.1 Å². The minimum Gasteiger partial charge on any atom is -0.295 e. The highest BCUT2D eigenvalue weighted by Crippen LogP contribution is 2.58. The number of aryl methyl sites for hydroxylation is 1. The summed E-state index contributed by atoms with van der Waals surface area (Å²) >= 11 is 12.8. The summed E-state index contributed by atoms with van der Waals surface area (Å²) in [4.78, 5) is 7.55. The molecular weight excluding hydrogens is 423 g/mol. The van der Waals surface area contributed by atoms with Crippen LogP contribution in [0.2, 0.25) is 10.0 Å². The highest BCUT2D eigenvalue weighted by Gasteiger charge is 2.54. The molecule has 0 unspecified atom stereocenters. The van der Waals surface area contributed by atoms with Crippen molar-refractivity contribution in [2.45, 2.75) is 37.6 Å². The number of nitrogens with zero attached hydrogens (tertiary/aromatic N) is 2. The van der Waals surface area contributed by atoms with Gasteiger partial charge in [-0.15, -0.1) is 0 Å². The molecule has 0 N–H and O–H groups in total. The number of halogens is 2. The van der Waals surface area contributed by atoms with E-state index in [1.54, 1.807) is 0 Å². The van der Waals surface area contributed by atoms with Crippen molar-refractivity contribution in [3.63, 3.8) is 0 Å². The Morgan fingerprint density at radius 1 is 1.00 bits per heavy atom. The molecule has 2 aliphatic heterocycles. The Morgan fingerprint density at radius 3 is 2.58 bits per heavy atom. The molecule has 2 aliphatic rings. The second-order valence-electron chi connectivity index (χ2n) is 8.64. The van der Waals surface area contributed by atoms with E-state index in [1.807, 2.05) is 18.2 Å². The first-order valence-corrected chi connectivity index (χ1v) is 11.7. The van der Waals surface area contributed by atoms with E-state index < -0.39 is 0 Å². The predicted octanol–water partition coefficient (Wildman–Crippen LogP) is 7.51. The largest absolute Gasteiger partial charge is 0.295 e. The number of benzene rings is 3. The number of piperidine rings is 1. The molecular formula is C27H26Cl2N2. The van der Waals surface area contributed by atoms with Crippen LogP contribution in [-0.4, -0.2) is 24.2 Å². The van der Waals surface area contributed by atoms with Gasteiger partial charge in [-0.3, -0.25) is 9.89 Å². The van der Waals surface area contributed by atoms with Gasteiger partial charge in [0.25, 0.3) is 0 Å². The van der Waals surface area contributed by atoms with Crippen LogP contribution in [0.3, 0.4) is 0 Å². The van der Waals surface area contributed by atoms with Crippen molar-refractivity contribution in [1.82, 2.24) is 4.90 Å². The third-order valence-electron chi connectivity index (χ3n) is 7.08. The van der Waals surface area contributed by atoms with Crippen LogP contribution in [-0.2, 0) is 5.41 Å². The second kappa shape index (κ2) is 8.09. The Morgan fingerprint density at radius 2 is 1.81 bits per heavy atom. The molecule has 0 aromatic heterocycles. The highest BCUT2D eigenvalue weighted by molar-refractivity contribution is 6.31. The summed E-state index contributed by atoms with van der Waals surface area (Å²) in [6, 6.07) is 23.5. The number of hydrogen-bond acceptors (Lipinski definition) is 2. The maximum atomic E-state index is 6.45. The number of fused-ring (bicyclic) bond motifs is 2. The first kappa shape index (κ1) is 20.8. The summed E-state index contributed by atoms with van der Waals surface area (Å²) in [6.45, 7) is 6.49. The smallest absolute Gasteiger partial charge is 0.0683 e. The Kier molecular flexibility index (Phi) is 5.42. The summed E-state index contributed by atoms with van der Waals surface area (Å²) in [5.41, 5.74) is 5.91. The molecule has 5 rings (SSSR count). The Labute approximate surface area is 194 Å². The molecule has 1 fully saturated rings. The fraction of sp³-hybridized carbons (Fsp3) is 0.296. The van der Waals surface area contributed by atoms with Crippen LogP contribution in [0.4, 0.5) is 5.69 Å². The van der Waals surface area contributed by atoms with Crippen molar-refractivity contribution in [3.05, 3.63) is 99.0 Å². The molecule has 0 saturated carbocycles. The van der Waals surface area contributed by atoms with Crippen molar-refractivity contribution in [3.8, 4) is 0 Å². The zero-order valence-electron chi connectivity index (χ0n) is 17.9. The minimum atomic E-state index is -0.287. The van der Waals surface area contributed by atoms with E-state index in [9.17, 15) is 0 Å². The van der Waals surface area contributed by atoms with Crippen molar-refractivity contribution in [1.29, 1.82) is 0 Å². The molecule has 0 amide bonds. The Bertz CT molecular complexity index is 1160. The first-order chi connectivity index (χ1) is 15.0. The monoisotopic (exact) mass is 448 g/mol. The lowest BCUT2D eigenvalue weighted by Crippen LogP contribution is -2.53. The Balaban J connectivity index is 1.79. The number of aliphatic imine (C=N–C) groups is 1. The number of rotatable bonds is 3. The van der Waals surface area contributed by atoms with E-state index in [2.05, 4.69) is 73.5 Å². The van der Waals surface area contributed by atoms with Gasteiger partial charge in [0.2, 0.25) is 0 Å². The lowest BCUT2D eigenvalue weighted by molar-refractivity contribution is 0.0917. The minimum absolute atomic E-state index is 0.183. The van der Waals surface area contributed by atoms with Gasteiger partial charge in [-0.1, -0.05) is 72.6 Å². The van der Waals surface area contributed by atoms with Gasteiger partial charge in [0.1, 0.15) is 0 Å². The van der Waals surface area contributed by atoms with Crippen LogP contribution in [0, 0.1) is 6.92 Å². The topological polar surface area (TPSA) is 15.6 Å². The van der Waals surface area contributed by atoms with Crippen LogP contribution in [0.15, 0.2) is 71.7 Å². The average Bonchev–Trinajstić information content (AvgIpc) is 3.12. The normalized spacial score (nSPS) is 25.2. The quantitative estimate of drug-likeness (QED) is 0.404. The van der Waals surface area contributed by atoms with Gasteiger partial charge in [-0.05, 0) is 73.0 Å². The van der Waals surface area contributed by atoms with Crippen LogP contribution in [0.5, 0.6) is 0 Å². The van der Waals surface area contributed by atoms with Crippen LogP contribution in [0.1, 0.15) is 47.6 Å². The van der Waals surface area contributed by atoms with E-state index in [1.165, 1.54) is 22.3 Å². The van der Waals surface area contributed by atoms with E-state index in [0.29, 0.717) is 0 Å². The summed E-state index contributed by atoms with van der Waals surface area (Å²) in [7, 11) is 0. The molecule has 3 aromatic rings. The van der Waals surface area contributed by atoms with E-state index in [4.69, 9.17) is 28.2 Å². The average molecular weight is 449 g/mol. The summed E-state index contributed by atoms with van der Waals surface area (Å²) in [6.07, 6.45) is 3.25. The van der Waals surface area contributed by atoms with Gasteiger partial charge in [0, 0.05) is 22.2 Å². The zero-order chi connectivity index (χ0) is 21.6. The highest BCUT2D eigenvalue weighted by atomic mass is 35.5. The van der Waals surface area contributed by atoms with Gasteiger partial charge >= 0.3 is 0 Å². The van der Waals surface area contributed by atoms with Gasteiger partial charge in [0.15, 0.2) is 0 Å². The molecule has 0 aliphatic carbocycles. The molecule has 1 spiro atoms. The fourth-order valence-corrected chi connectivity index (χ4v) is 6.09. The molecule has 3 aromatic carbocycles. The molecule has 2 nitrogen and oxygen atoms in total. The maximum absolute atomic E-state index is 6.45. The summed E-state index contributed by atoms with van der Waals surface area (Å²) in [5.74, 6) is 0.268. The van der Waals surface area contributed by atoms with Gasteiger partial charge in [-0.25, -0.2) is 0 Å².